The van der Waals surface area contributed by atoms with Crippen LogP contribution >= 0.6 is 10.7 Å². The molecule has 2 heterocycles. The summed E-state index contributed by atoms with van der Waals surface area (Å²) in [5.74, 6) is 0.207. The predicted octanol–water partition coefficient (Wildman–Crippen LogP) is 1.78. The molecular formula is C12H18ClN3O3S. The molecule has 0 aromatic carbocycles. The summed E-state index contributed by atoms with van der Waals surface area (Å²) in [5.41, 5.74) is 0. The van der Waals surface area contributed by atoms with Crippen LogP contribution in [0, 0.1) is 5.92 Å². The zero-order valence-electron chi connectivity index (χ0n) is 11.5. The van der Waals surface area contributed by atoms with Crippen LogP contribution in [0.25, 0.3) is 0 Å². The van der Waals surface area contributed by atoms with Gasteiger partial charge in [0.1, 0.15) is 5.82 Å². The summed E-state index contributed by atoms with van der Waals surface area (Å²) in [6.45, 7) is 4.44. The standard InChI is InChI=1S/C12H18ClN3O3S/c1-3-9(2)16-11(4-5-14-16)15-7-10(6-12(15)17)8-20(13,18)19/h4-5,9-10H,3,6-8H2,1-2H3. The Morgan fingerprint density at radius 3 is 2.85 bits per heavy atom. The molecule has 8 heteroatoms. The summed E-state index contributed by atoms with van der Waals surface area (Å²) in [4.78, 5) is 13.7. The Morgan fingerprint density at radius 2 is 2.25 bits per heavy atom. The summed E-state index contributed by atoms with van der Waals surface area (Å²) in [7, 11) is 1.68. The largest absolute Gasteiger partial charge is 0.297 e. The SMILES string of the molecule is CCC(C)n1nccc1N1CC(CS(=O)(=O)Cl)CC1=O. The topological polar surface area (TPSA) is 72.3 Å². The zero-order chi connectivity index (χ0) is 14.9. The smallest absolute Gasteiger partial charge is 0.232 e. The van der Waals surface area contributed by atoms with Crippen LogP contribution in [0.2, 0.25) is 0 Å². The first kappa shape index (κ1) is 15.3. The quantitative estimate of drug-likeness (QED) is 0.775. The fraction of sp³-hybridized carbons (Fsp3) is 0.667. The van der Waals surface area contributed by atoms with Crippen molar-refractivity contribution >= 4 is 31.5 Å². The first-order valence-electron chi connectivity index (χ1n) is 6.58. The molecule has 1 aliphatic heterocycles. The molecular weight excluding hydrogens is 302 g/mol. The van der Waals surface area contributed by atoms with Crippen LogP contribution in [0.15, 0.2) is 12.3 Å². The van der Waals surface area contributed by atoms with Crippen molar-refractivity contribution in [2.45, 2.75) is 32.7 Å². The molecule has 1 aromatic rings. The van der Waals surface area contributed by atoms with Gasteiger partial charge in [0.2, 0.25) is 15.0 Å². The van der Waals surface area contributed by atoms with Crippen molar-refractivity contribution in [2.75, 3.05) is 17.2 Å². The molecule has 1 aromatic heterocycles. The van der Waals surface area contributed by atoms with Gasteiger partial charge in [-0.25, -0.2) is 13.1 Å². The third-order valence-corrected chi connectivity index (χ3v) is 4.82. The van der Waals surface area contributed by atoms with Crippen LogP contribution in [0.4, 0.5) is 5.82 Å². The molecule has 112 valence electrons. The van der Waals surface area contributed by atoms with Crippen LogP contribution in [-0.2, 0) is 13.8 Å². The third kappa shape index (κ3) is 3.32. The molecule has 1 amide bonds. The van der Waals surface area contributed by atoms with Crippen molar-refractivity contribution in [3.05, 3.63) is 12.3 Å². The Labute approximate surface area is 123 Å². The first-order chi connectivity index (χ1) is 9.31. The Kier molecular flexibility index (Phi) is 4.39. The van der Waals surface area contributed by atoms with Gasteiger partial charge < -0.3 is 0 Å². The lowest BCUT2D eigenvalue weighted by molar-refractivity contribution is -0.117. The van der Waals surface area contributed by atoms with Crippen molar-refractivity contribution in [3.8, 4) is 0 Å². The number of rotatable bonds is 5. The van der Waals surface area contributed by atoms with E-state index in [1.54, 1.807) is 21.8 Å². The highest BCUT2D eigenvalue weighted by molar-refractivity contribution is 8.13. The molecule has 2 unspecified atom stereocenters. The van der Waals surface area contributed by atoms with E-state index in [1.807, 2.05) is 13.8 Å². The number of aromatic nitrogens is 2. The highest BCUT2D eigenvalue weighted by atomic mass is 35.7. The van der Waals surface area contributed by atoms with Crippen molar-refractivity contribution in [2.24, 2.45) is 5.92 Å². The molecule has 0 bridgehead atoms. The van der Waals surface area contributed by atoms with E-state index in [1.165, 1.54) is 0 Å². The summed E-state index contributed by atoms with van der Waals surface area (Å²) in [5, 5.41) is 4.24. The lowest BCUT2D eigenvalue weighted by atomic mass is 10.1. The second kappa shape index (κ2) is 5.73. The fourth-order valence-corrected chi connectivity index (χ4v) is 3.75. The maximum absolute atomic E-state index is 12.1. The molecule has 2 rings (SSSR count). The molecule has 1 fully saturated rings. The lowest BCUT2D eigenvalue weighted by Gasteiger charge is -2.21. The number of hydrogen-bond acceptors (Lipinski definition) is 4. The van der Waals surface area contributed by atoms with Crippen LogP contribution < -0.4 is 4.90 Å². The summed E-state index contributed by atoms with van der Waals surface area (Å²) < 4.78 is 24.1. The number of amides is 1. The van der Waals surface area contributed by atoms with Crippen LogP contribution in [0.3, 0.4) is 0 Å². The molecule has 1 saturated heterocycles. The van der Waals surface area contributed by atoms with Gasteiger partial charge in [-0.3, -0.25) is 9.69 Å². The molecule has 0 saturated carbocycles. The molecule has 0 aliphatic carbocycles. The number of anilines is 1. The number of hydrogen-bond donors (Lipinski definition) is 0. The van der Waals surface area contributed by atoms with E-state index < -0.39 is 9.05 Å². The first-order valence-corrected chi connectivity index (χ1v) is 9.06. The normalized spacial score (nSPS) is 21.4. The second-order valence-electron chi connectivity index (χ2n) is 5.17. The van der Waals surface area contributed by atoms with E-state index >= 15 is 0 Å². The molecule has 0 radical (unpaired) electrons. The molecule has 1 aliphatic rings. The van der Waals surface area contributed by atoms with Crippen LogP contribution in [0.5, 0.6) is 0 Å². The van der Waals surface area contributed by atoms with Gasteiger partial charge in [0, 0.05) is 35.6 Å². The summed E-state index contributed by atoms with van der Waals surface area (Å²) >= 11 is 0. The van der Waals surface area contributed by atoms with Crippen molar-refractivity contribution < 1.29 is 13.2 Å². The number of carbonyl (C=O) groups is 1. The van der Waals surface area contributed by atoms with E-state index in [2.05, 4.69) is 5.10 Å². The van der Waals surface area contributed by atoms with Gasteiger partial charge in [0.05, 0.1) is 18.0 Å². The average Bonchev–Trinajstić information content (AvgIpc) is 2.92. The number of halogens is 1. The minimum atomic E-state index is -3.58. The van der Waals surface area contributed by atoms with Gasteiger partial charge in [-0.2, -0.15) is 5.10 Å². The van der Waals surface area contributed by atoms with Gasteiger partial charge in [-0.15, -0.1) is 0 Å². The highest BCUT2D eigenvalue weighted by Gasteiger charge is 2.34. The molecule has 0 spiro atoms. The monoisotopic (exact) mass is 319 g/mol. The van der Waals surface area contributed by atoms with Crippen molar-refractivity contribution in [1.29, 1.82) is 0 Å². The Bertz CT molecular complexity index is 599. The van der Waals surface area contributed by atoms with E-state index in [0.717, 1.165) is 12.2 Å². The predicted molar refractivity (Wildman–Crippen MR) is 77.3 cm³/mol. The van der Waals surface area contributed by atoms with E-state index in [0.29, 0.717) is 6.54 Å². The zero-order valence-corrected chi connectivity index (χ0v) is 13.1. The minimum absolute atomic E-state index is 0.0830. The highest BCUT2D eigenvalue weighted by Crippen LogP contribution is 2.28. The fourth-order valence-electron chi connectivity index (χ4n) is 2.43. The number of nitrogens with zero attached hydrogens (tertiary/aromatic N) is 3. The summed E-state index contributed by atoms with van der Waals surface area (Å²) in [6, 6.07) is 1.96. The molecule has 0 N–H and O–H groups in total. The van der Waals surface area contributed by atoms with Gasteiger partial charge in [-0.05, 0) is 13.3 Å². The lowest BCUT2D eigenvalue weighted by Crippen LogP contribution is -2.28. The molecule has 6 nitrogen and oxygen atoms in total. The maximum Gasteiger partial charge on any atom is 0.232 e. The third-order valence-electron chi connectivity index (χ3n) is 3.57. The average molecular weight is 320 g/mol. The van der Waals surface area contributed by atoms with Gasteiger partial charge in [0.25, 0.3) is 0 Å². The van der Waals surface area contributed by atoms with Crippen LogP contribution in [0.1, 0.15) is 32.7 Å². The van der Waals surface area contributed by atoms with Gasteiger partial charge >= 0.3 is 0 Å². The Balaban J connectivity index is 2.18. The second-order valence-corrected chi connectivity index (χ2v) is 7.99. The van der Waals surface area contributed by atoms with Crippen molar-refractivity contribution in [1.82, 2.24) is 9.78 Å². The van der Waals surface area contributed by atoms with Gasteiger partial charge in [0.15, 0.2) is 0 Å². The summed E-state index contributed by atoms with van der Waals surface area (Å²) in [6.07, 6.45) is 2.76. The minimum Gasteiger partial charge on any atom is -0.297 e. The van der Waals surface area contributed by atoms with E-state index in [4.69, 9.17) is 10.7 Å². The van der Waals surface area contributed by atoms with Crippen LogP contribution in [-0.4, -0.2) is 36.4 Å². The Hall–Kier alpha value is -1.08. The van der Waals surface area contributed by atoms with Crippen molar-refractivity contribution in [3.63, 3.8) is 0 Å². The maximum atomic E-state index is 12.1. The van der Waals surface area contributed by atoms with E-state index in [9.17, 15) is 13.2 Å². The Morgan fingerprint density at radius 1 is 1.55 bits per heavy atom. The molecule has 2 atom stereocenters. The molecule has 20 heavy (non-hydrogen) atoms. The number of carbonyl (C=O) groups excluding carboxylic acids is 1. The van der Waals surface area contributed by atoms with Gasteiger partial charge in [-0.1, -0.05) is 6.92 Å². The van der Waals surface area contributed by atoms with E-state index in [-0.39, 0.29) is 30.0 Å².